The summed E-state index contributed by atoms with van der Waals surface area (Å²) in [4.78, 5) is 29.5. The molecule has 2 N–H and O–H groups in total. The van der Waals surface area contributed by atoms with E-state index in [2.05, 4.69) is 10.3 Å². The van der Waals surface area contributed by atoms with Crippen LogP contribution in [0.3, 0.4) is 0 Å². The standard InChI is InChI=1S/C16H23N3O2.ClH/c1-9-14(11(3)20)10(2)17-15(9)16(21)19-7-6-12-4-5-13(8-19)18-12;/h12-13,17-18H,4-8H2,1-3H3;1H. The lowest BCUT2D eigenvalue weighted by Crippen LogP contribution is -2.39. The number of rotatable bonds is 2. The summed E-state index contributed by atoms with van der Waals surface area (Å²) in [5, 5.41) is 3.58. The molecule has 2 aliphatic rings. The van der Waals surface area contributed by atoms with E-state index in [-0.39, 0.29) is 24.1 Å². The molecule has 2 fully saturated rings. The lowest BCUT2D eigenvalue weighted by molar-refractivity contribution is 0.0742. The zero-order valence-corrected chi connectivity index (χ0v) is 14.2. The largest absolute Gasteiger partial charge is 0.354 e. The zero-order valence-electron chi connectivity index (χ0n) is 13.4. The van der Waals surface area contributed by atoms with Crippen LogP contribution in [0.4, 0.5) is 0 Å². The zero-order chi connectivity index (χ0) is 15.1. The molecule has 0 aliphatic carbocycles. The van der Waals surface area contributed by atoms with E-state index in [1.807, 2.05) is 18.7 Å². The Bertz CT molecular complexity index is 596. The summed E-state index contributed by atoms with van der Waals surface area (Å²) in [6.45, 7) is 6.82. The molecule has 1 amide bonds. The van der Waals surface area contributed by atoms with E-state index in [1.54, 1.807) is 6.92 Å². The van der Waals surface area contributed by atoms with E-state index in [9.17, 15) is 9.59 Å². The first-order valence-electron chi connectivity index (χ1n) is 7.72. The van der Waals surface area contributed by atoms with Gasteiger partial charge in [-0.3, -0.25) is 9.59 Å². The number of likely N-dealkylation sites (tertiary alicyclic amines) is 1. The van der Waals surface area contributed by atoms with Crippen molar-refractivity contribution in [1.82, 2.24) is 15.2 Å². The minimum absolute atomic E-state index is 0. The van der Waals surface area contributed by atoms with Crippen molar-refractivity contribution in [2.75, 3.05) is 13.1 Å². The number of halogens is 1. The summed E-state index contributed by atoms with van der Waals surface area (Å²) in [6, 6.07) is 0.983. The fraction of sp³-hybridized carbons (Fsp3) is 0.625. The number of aromatic nitrogens is 1. The number of fused-ring (bicyclic) bond motifs is 2. The summed E-state index contributed by atoms with van der Waals surface area (Å²) in [7, 11) is 0. The third kappa shape index (κ3) is 2.92. The highest BCUT2D eigenvalue weighted by atomic mass is 35.5. The van der Waals surface area contributed by atoms with Gasteiger partial charge in [0.15, 0.2) is 5.78 Å². The lowest BCUT2D eigenvalue weighted by atomic mass is 10.1. The molecule has 3 heterocycles. The van der Waals surface area contributed by atoms with Crippen LogP contribution in [0.15, 0.2) is 0 Å². The van der Waals surface area contributed by atoms with Gasteiger partial charge in [-0.05, 0) is 45.6 Å². The molecule has 122 valence electrons. The molecule has 22 heavy (non-hydrogen) atoms. The quantitative estimate of drug-likeness (QED) is 0.819. The van der Waals surface area contributed by atoms with E-state index in [0.29, 0.717) is 23.3 Å². The molecule has 6 heteroatoms. The monoisotopic (exact) mass is 325 g/mol. The number of H-pyrrole nitrogens is 1. The van der Waals surface area contributed by atoms with Crippen LogP contribution in [0.5, 0.6) is 0 Å². The third-order valence-corrected chi connectivity index (χ3v) is 4.81. The van der Waals surface area contributed by atoms with Gasteiger partial charge in [-0.2, -0.15) is 0 Å². The number of nitrogens with one attached hydrogen (secondary N) is 2. The average Bonchev–Trinajstić information content (AvgIpc) is 2.88. The fourth-order valence-electron chi connectivity index (χ4n) is 3.78. The van der Waals surface area contributed by atoms with E-state index in [0.717, 1.165) is 37.2 Å². The van der Waals surface area contributed by atoms with Crippen LogP contribution in [0, 0.1) is 13.8 Å². The predicted octanol–water partition coefficient (Wildman–Crippen LogP) is 2.22. The Hall–Kier alpha value is -1.33. The topological polar surface area (TPSA) is 65.2 Å². The molecule has 2 saturated heterocycles. The number of carbonyl (C=O) groups excluding carboxylic acids is 2. The van der Waals surface area contributed by atoms with Gasteiger partial charge in [-0.15, -0.1) is 12.4 Å². The van der Waals surface area contributed by atoms with Crippen molar-refractivity contribution in [3.05, 3.63) is 22.5 Å². The highest BCUT2D eigenvalue weighted by Crippen LogP contribution is 2.24. The maximum Gasteiger partial charge on any atom is 0.270 e. The minimum atomic E-state index is 0. The van der Waals surface area contributed by atoms with Crippen molar-refractivity contribution in [1.29, 1.82) is 0 Å². The molecule has 0 aromatic carbocycles. The van der Waals surface area contributed by atoms with Crippen molar-refractivity contribution in [3.8, 4) is 0 Å². The maximum atomic E-state index is 12.8. The SMILES string of the molecule is CC(=O)c1c(C)[nH]c(C(=O)N2CCC3CCC(C2)N3)c1C.Cl. The van der Waals surface area contributed by atoms with Gasteiger partial charge in [-0.1, -0.05) is 0 Å². The molecule has 0 saturated carbocycles. The number of carbonyl (C=O) groups is 2. The van der Waals surface area contributed by atoms with E-state index < -0.39 is 0 Å². The van der Waals surface area contributed by atoms with E-state index in [4.69, 9.17) is 0 Å². The summed E-state index contributed by atoms with van der Waals surface area (Å²) >= 11 is 0. The second-order valence-corrected chi connectivity index (χ2v) is 6.36. The molecule has 1 aromatic rings. The summed E-state index contributed by atoms with van der Waals surface area (Å²) in [5.74, 6) is 0.0364. The van der Waals surface area contributed by atoms with Crippen LogP contribution in [0.1, 0.15) is 58.3 Å². The van der Waals surface area contributed by atoms with Crippen LogP contribution in [-0.2, 0) is 0 Å². The van der Waals surface area contributed by atoms with E-state index in [1.165, 1.54) is 6.42 Å². The van der Waals surface area contributed by atoms with Crippen molar-refractivity contribution in [2.24, 2.45) is 0 Å². The van der Waals surface area contributed by atoms with Crippen molar-refractivity contribution in [3.63, 3.8) is 0 Å². The van der Waals surface area contributed by atoms with Gasteiger partial charge in [0.2, 0.25) is 0 Å². The number of nitrogens with zero attached hydrogens (tertiary/aromatic N) is 1. The number of Topliss-reactive ketones (excluding diaryl/α,β-unsaturated/α-hetero) is 1. The Morgan fingerprint density at radius 2 is 1.82 bits per heavy atom. The minimum Gasteiger partial charge on any atom is -0.354 e. The van der Waals surface area contributed by atoms with Crippen molar-refractivity contribution >= 4 is 24.1 Å². The second-order valence-electron chi connectivity index (χ2n) is 6.36. The van der Waals surface area contributed by atoms with Gasteiger partial charge in [0.25, 0.3) is 5.91 Å². The molecular weight excluding hydrogens is 302 g/mol. The lowest BCUT2D eigenvalue weighted by Gasteiger charge is -2.24. The molecular formula is C16H24ClN3O2. The molecule has 2 aliphatic heterocycles. The molecule has 0 radical (unpaired) electrons. The fourth-order valence-corrected chi connectivity index (χ4v) is 3.78. The first kappa shape index (κ1) is 17.0. The van der Waals surface area contributed by atoms with Crippen LogP contribution in [0.25, 0.3) is 0 Å². The molecule has 1 aromatic heterocycles. The second kappa shape index (κ2) is 6.42. The van der Waals surface area contributed by atoms with Crippen molar-refractivity contribution < 1.29 is 9.59 Å². The molecule has 2 unspecified atom stereocenters. The van der Waals surface area contributed by atoms with Gasteiger partial charge < -0.3 is 15.2 Å². The summed E-state index contributed by atoms with van der Waals surface area (Å²) in [6.07, 6.45) is 3.39. The molecule has 5 nitrogen and oxygen atoms in total. The summed E-state index contributed by atoms with van der Waals surface area (Å²) < 4.78 is 0. The van der Waals surface area contributed by atoms with Crippen LogP contribution in [0.2, 0.25) is 0 Å². The predicted molar refractivity (Wildman–Crippen MR) is 88.0 cm³/mol. The Balaban J connectivity index is 0.00000176. The smallest absolute Gasteiger partial charge is 0.270 e. The Morgan fingerprint density at radius 3 is 2.45 bits per heavy atom. The molecule has 2 atom stereocenters. The van der Waals surface area contributed by atoms with Crippen LogP contribution in [-0.4, -0.2) is 46.7 Å². The van der Waals surface area contributed by atoms with Gasteiger partial charge in [0.05, 0.1) is 0 Å². The molecule has 3 rings (SSSR count). The van der Waals surface area contributed by atoms with Gasteiger partial charge >= 0.3 is 0 Å². The van der Waals surface area contributed by atoms with Gasteiger partial charge in [0.1, 0.15) is 5.69 Å². The van der Waals surface area contributed by atoms with Crippen LogP contribution < -0.4 is 5.32 Å². The third-order valence-electron chi connectivity index (χ3n) is 4.81. The van der Waals surface area contributed by atoms with Crippen LogP contribution >= 0.6 is 12.4 Å². The van der Waals surface area contributed by atoms with Crippen molar-refractivity contribution in [2.45, 2.75) is 52.1 Å². The Kier molecular flexibility index (Phi) is 4.97. The van der Waals surface area contributed by atoms with E-state index >= 15 is 0 Å². The molecule has 0 spiro atoms. The first-order valence-corrected chi connectivity index (χ1v) is 7.72. The highest BCUT2D eigenvalue weighted by Gasteiger charge is 2.32. The average molecular weight is 326 g/mol. The van der Waals surface area contributed by atoms with Gasteiger partial charge in [-0.25, -0.2) is 0 Å². The number of ketones is 1. The Labute approximate surface area is 137 Å². The number of hydrogen-bond acceptors (Lipinski definition) is 3. The number of amides is 1. The number of aryl methyl sites for hydroxylation is 1. The summed E-state index contributed by atoms with van der Waals surface area (Å²) in [5.41, 5.74) is 2.81. The number of aromatic amines is 1. The normalized spacial score (nSPS) is 23.9. The maximum absolute atomic E-state index is 12.8. The molecule has 2 bridgehead atoms. The Morgan fingerprint density at radius 1 is 1.14 bits per heavy atom. The van der Waals surface area contributed by atoms with Gasteiger partial charge in [0, 0.05) is 36.4 Å². The first-order chi connectivity index (χ1) is 9.97. The number of hydrogen-bond donors (Lipinski definition) is 2. The highest BCUT2D eigenvalue weighted by molar-refractivity contribution is 6.02.